The lowest BCUT2D eigenvalue weighted by atomic mass is 10.1. The van der Waals surface area contributed by atoms with Crippen molar-refractivity contribution < 1.29 is 9.84 Å². The van der Waals surface area contributed by atoms with Crippen molar-refractivity contribution >= 4 is 15.9 Å². The minimum atomic E-state index is 0.153. The van der Waals surface area contributed by atoms with Crippen LogP contribution in [0.25, 0.3) is 11.3 Å². The van der Waals surface area contributed by atoms with Crippen LogP contribution in [0.4, 0.5) is 0 Å². The second kappa shape index (κ2) is 6.81. The third-order valence-electron chi connectivity index (χ3n) is 2.91. The maximum atomic E-state index is 8.90. The smallest absolute Gasteiger partial charge is 0.133 e. The lowest BCUT2D eigenvalue weighted by Gasteiger charge is -2.08. The molecular formula is C15H17BrN2O2. The second-order valence-corrected chi connectivity index (χ2v) is 5.34. The van der Waals surface area contributed by atoms with Crippen LogP contribution in [0.2, 0.25) is 0 Å². The van der Waals surface area contributed by atoms with Gasteiger partial charge in [0.1, 0.15) is 11.6 Å². The van der Waals surface area contributed by atoms with E-state index in [1.807, 2.05) is 31.2 Å². The van der Waals surface area contributed by atoms with E-state index in [1.54, 1.807) is 7.11 Å². The number of nitrogens with zero attached hydrogens (tertiary/aromatic N) is 2. The highest BCUT2D eigenvalue weighted by atomic mass is 79.9. The number of rotatable bonds is 5. The lowest BCUT2D eigenvalue weighted by molar-refractivity contribution is 0.287. The fourth-order valence-electron chi connectivity index (χ4n) is 1.95. The zero-order chi connectivity index (χ0) is 14.5. The monoisotopic (exact) mass is 336 g/mol. The third kappa shape index (κ3) is 3.55. The van der Waals surface area contributed by atoms with E-state index in [0.717, 1.165) is 33.0 Å². The van der Waals surface area contributed by atoms with Gasteiger partial charge in [-0.3, -0.25) is 0 Å². The number of benzene rings is 1. The summed E-state index contributed by atoms with van der Waals surface area (Å²) >= 11 is 3.48. The second-order valence-electron chi connectivity index (χ2n) is 4.49. The first-order valence-corrected chi connectivity index (χ1v) is 7.22. The Labute approximate surface area is 127 Å². The molecule has 0 spiro atoms. The highest BCUT2D eigenvalue weighted by Gasteiger charge is 2.07. The number of aliphatic hydroxyl groups is 1. The van der Waals surface area contributed by atoms with Crippen molar-refractivity contribution in [3.05, 3.63) is 40.3 Å². The summed E-state index contributed by atoms with van der Waals surface area (Å²) in [6.07, 6.45) is 1.36. The van der Waals surface area contributed by atoms with Crippen molar-refractivity contribution in [3.8, 4) is 17.0 Å². The summed E-state index contributed by atoms with van der Waals surface area (Å²) in [5.74, 6) is 1.56. The van der Waals surface area contributed by atoms with Crippen molar-refractivity contribution in [2.24, 2.45) is 0 Å². The summed E-state index contributed by atoms with van der Waals surface area (Å²) < 4.78 is 6.12. The fraction of sp³-hybridized carbons (Fsp3) is 0.333. The molecule has 0 amide bonds. The van der Waals surface area contributed by atoms with E-state index < -0.39 is 0 Å². The Morgan fingerprint density at radius 2 is 2.05 bits per heavy atom. The van der Waals surface area contributed by atoms with Crippen molar-refractivity contribution in [1.82, 2.24) is 9.97 Å². The molecule has 1 heterocycles. The molecule has 1 aromatic heterocycles. The zero-order valence-corrected chi connectivity index (χ0v) is 13.1. The Morgan fingerprint density at radius 3 is 2.70 bits per heavy atom. The third-order valence-corrected chi connectivity index (χ3v) is 3.53. The Morgan fingerprint density at radius 1 is 1.25 bits per heavy atom. The van der Waals surface area contributed by atoms with Gasteiger partial charge in [-0.15, -0.1) is 0 Å². The molecule has 0 saturated heterocycles. The van der Waals surface area contributed by atoms with E-state index in [4.69, 9.17) is 9.84 Å². The van der Waals surface area contributed by atoms with Crippen LogP contribution >= 0.6 is 15.9 Å². The van der Waals surface area contributed by atoms with Gasteiger partial charge in [0.2, 0.25) is 0 Å². The Bertz CT molecular complexity index is 602. The quantitative estimate of drug-likeness (QED) is 0.911. The molecule has 4 nitrogen and oxygen atoms in total. The molecule has 0 saturated carbocycles. The number of halogens is 1. The maximum Gasteiger partial charge on any atom is 0.133 e. The molecule has 106 valence electrons. The SMILES string of the molecule is COc1ccc(-c2cc(C)nc(CCCO)n2)cc1Br. The largest absolute Gasteiger partial charge is 0.496 e. The van der Waals surface area contributed by atoms with E-state index in [1.165, 1.54) is 0 Å². The van der Waals surface area contributed by atoms with Crippen LogP contribution in [0.5, 0.6) is 5.75 Å². The molecule has 0 atom stereocenters. The summed E-state index contributed by atoms with van der Waals surface area (Å²) in [6, 6.07) is 7.82. The minimum Gasteiger partial charge on any atom is -0.496 e. The van der Waals surface area contributed by atoms with E-state index in [2.05, 4.69) is 25.9 Å². The predicted octanol–water partition coefficient (Wildman–Crippen LogP) is 3.15. The van der Waals surface area contributed by atoms with Gasteiger partial charge in [-0.05, 0) is 53.5 Å². The molecule has 20 heavy (non-hydrogen) atoms. The molecule has 1 aromatic carbocycles. The normalized spacial score (nSPS) is 10.6. The zero-order valence-electron chi connectivity index (χ0n) is 11.6. The van der Waals surface area contributed by atoms with E-state index in [-0.39, 0.29) is 6.61 Å². The van der Waals surface area contributed by atoms with Gasteiger partial charge in [-0.2, -0.15) is 0 Å². The minimum absolute atomic E-state index is 0.153. The molecule has 0 aliphatic carbocycles. The molecule has 5 heteroatoms. The first kappa shape index (κ1) is 14.9. The van der Waals surface area contributed by atoms with Gasteiger partial charge < -0.3 is 9.84 Å². The first-order valence-electron chi connectivity index (χ1n) is 6.43. The standard InChI is InChI=1S/C15H17BrN2O2/c1-10-8-13(18-15(17-10)4-3-7-19)11-5-6-14(20-2)12(16)9-11/h5-6,8-9,19H,3-4,7H2,1-2H3. The van der Waals surface area contributed by atoms with Gasteiger partial charge in [0, 0.05) is 24.3 Å². The molecule has 0 fully saturated rings. The van der Waals surface area contributed by atoms with Crippen molar-refractivity contribution in [2.75, 3.05) is 13.7 Å². The Kier molecular flexibility index (Phi) is 5.09. The molecule has 0 aliphatic heterocycles. The van der Waals surface area contributed by atoms with E-state index in [0.29, 0.717) is 12.8 Å². The van der Waals surface area contributed by atoms with Gasteiger partial charge in [-0.1, -0.05) is 0 Å². The average molecular weight is 337 g/mol. The Balaban J connectivity index is 2.36. The molecular weight excluding hydrogens is 320 g/mol. The van der Waals surface area contributed by atoms with Crippen LogP contribution in [-0.2, 0) is 6.42 Å². The van der Waals surface area contributed by atoms with Gasteiger partial charge in [0.15, 0.2) is 0 Å². The summed E-state index contributed by atoms with van der Waals surface area (Å²) in [7, 11) is 1.64. The van der Waals surface area contributed by atoms with Crippen molar-refractivity contribution in [3.63, 3.8) is 0 Å². The molecule has 2 rings (SSSR count). The van der Waals surface area contributed by atoms with Crippen LogP contribution in [-0.4, -0.2) is 28.8 Å². The topological polar surface area (TPSA) is 55.2 Å². The van der Waals surface area contributed by atoms with Crippen molar-refractivity contribution in [1.29, 1.82) is 0 Å². The van der Waals surface area contributed by atoms with Gasteiger partial charge in [0.25, 0.3) is 0 Å². The molecule has 0 aliphatic rings. The highest BCUT2D eigenvalue weighted by molar-refractivity contribution is 9.10. The molecule has 0 bridgehead atoms. The summed E-state index contributed by atoms with van der Waals surface area (Å²) in [5, 5.41) is 8.90. The van der Waals surface area contributed by atoms with Crippen LogP contribution in [0.3, 0.4) is 0 Å². The van der Waals surface area contributed by atoms with Gasteiger partial charge >= 0.3 is 0 Å². The number of hydrogen-bond donors (Lipinski definition) is 1. The summed E-state index contributed by atoms with van der Waals surface area (Å²) in [6.45, 7) is 2.10. The summed E-state index contributed by atoms with van der Waals surface area (Å²) in [4.78, 5) is 8.95. The molecule has 0 radical (unpaired) electrons. The Hall–Kier alpha value is -1.46. The number of hydrogen-bond acceptors (Lipinski definition) is 4. The van der Waals surface area contributed by atoms with Crippen LogP contribution in [0.1, 0.15) is 17.9 Å². The van der Waals surface area contributed by atoms with Crippen LogP contribution in [0, 0.1) is 6.92 Å². The molecule has 2 aromatic rings. The number of aryl methyl sites for hydroxylation is 2. The highest BCUT2D eigenvalue weighted by Crippen LogP contribution is 2.30. The average Bonchev–Trinajstić information content (AvgIpc) is 2.44. The van der Waals surface area contributed by atoms with Crippen LogP contribution in [0.15, 0.2) is 28.7 Å². The molecule has 1 N–H and O–H groups in total. The van der Waals surface area contributed by atoms with E-state index in [9.17, 15) is 0 Å². The number of methoxy groups -OCH3 is 1. The summed E-state index contributed by atoms with van der Waals surface area (Å²) in [5.41, 5.74) is 2.82. The predicted molar refractivity (Wildman–Crippen MR) is 81.9 cm³/mol. The molecule has 0 unspecified atom stereocenters. The fourth-order valence-corrected chi connectivity index (χ4v) is 2.49. The number of ether oxygens (including phenoxy) is 1. The van der Waals surface area contributed by atoms with Gasteiger partial charge in [0.05, 0.1) is 17.3 Å². The van der Waals surface area contributed by atoms with Gasteiger partial charge in [-0.25, -0.2) is 9.97 Å². The first-order chi connectivity index (χ1) is 9.63. The van der Waals surface area contributed by atoms with Crippen molar-refractivity contribution in [2.45, 2.75) is 19.8 Å². The number of aromatic nitrogens is 2. The maximum absolute atomic E-state index is 8.90. The van der Waals surface area contributed by atoms with E-state index >= 15 is 0 Å². The van der Waals surface area contributed by atoms with Crippen LogP contribution < -0.4 is 4.74 Å². The number of aliphatic hydroxyl groups excluding tert-OH is 1. The lowest BCUT2D eigenvalue weighted by Crippen LogP contribution is -2.00.